The molecule has 0 radical (unpaired) electrons. The zero-order valence-electron chi connectivity index (χ0n) is 17.0. The summed E-state index contributed by atoms with van der Waals surface area (Å²) in [5.41, 5.74) is 1.64. The molecule has 0 aliphatic carbocycles. The summed E-state index contributed by atoms with van der Waals surface area (Å²) in [6, 6.07) is 12.4. The third kappa shape index (κ3) is 6.39. The first kappa shape index (κ1) is 22.6. The van der Waals surface area contributed by atoms with Crippen LogP contribution >= 0.6 is 11.6 Å². The van der Waals surface area contributed by atoms with E-state index in [2.05, 4.69) is 5.32 Å². The molecule has 6 nitrogen and oxygen atoms in total. The Kier molecular flexibility index (Phi) is 8.34. The van der Waals surface area contributed by atoms with Gasteiger partial charge in [0.15, 0.2) is 18.1 Å². The summed E-state index contributed by atoms with van der Waals surface area (Å²) in [5.74, 6) is -0.0911. The zero-order chi connectivity index (χ0) is 21.4. The summed E-state index contributed by atoms with van der Waals surface area (Å²) in [4.78, 5) is 24.6. The molecule has 1 atom stereocenters. The van der Waals surface area contributed by atoms with Crippen LogP contribution in [-0.2, 0) is 20.9 Å². The van der Waals surface area contributed by atoms with Crippen molar-refractivity contribution in [1.29, 1.82) is 0 Å². The molecule has 0 saturated carbocycles. The van der Waals surface area contributed by atoms with Crippen LogP contribution in [0.1, 0.15) is 30.9 Å². The van der Waals surface area contributed by atoms with Gasteiger partial charge in [0.05, 0.1) is 20.1 Å². The Morgan fingerprint density at radius 3 is 2.24 bits per heavy atom. The van der Waals surface area contributed by atoms with Crippen LogP contribution in [0.15, 0.2) is 42.5 Å². The van der Waals surface area contributed by atoms with Crippen molar-refractivity contribution in [3.63, 3.8) is 0 Å². The Morgan fingerprint density at radius 2 is 1.66 bits per heavy atom. The van der Waals surface area contributed by atoms with Gasteiger partial charge >= 0.3 is 5.97 Å². The minimum absolute atomic E-state index is 0.0125. The summed E-state index contributed by atoms with van der Waals surface area (Å²) in [6.45, 7) is 3.79. The second-order valence-corrected chi connectivity index (χ2v) is 7.28. The Labute approximate surface area is 176 Å². The third-order valence-electron chi connectivity index (χ3n) is 4.43. The van der Waals surface area contributed by atoms with E-state index in [1.54, 1.807) is 50.6 Å². The van der Waals surface area contributed by atoms with E-state index in [0.29, 0.717) is 16.5 Å². The quantitative estimate of drug-likeness (QED) is 0.623. The Balaban J connectivity index is 1.90. The van der Waals surface area contributed by atoms with Crippen molar-refractivity contribution < 1.29 is 23.8 Å². The largest absolute Gasteiger partial charge is 0.493 e. The van der Waals surface area contributed by atoms with E-state index in [1.165, 1.54) is 0 Å². The lowest BCUT2D eigenvalue weighted by Crippen LogP contribution is -2.30. The van der Waals surface area contributed by atoms with Crippen molar-refractivity contribution in [2.45, 2.75) is 26.3 Å². The first-order valence-corrected chi connectivity index (χ1v) is 9.63. The number of esters is 1. The molecule has 0 fully saturated rings. The fourth-order valence-corrected chi connectivity index (χ4v) is 3.06. The molecule has 0 spiro atoms. The van der Waals surface area contributed by atoms with E-state index >= 15 is 0 Å². The predicted octanol–water partition coefficient (Wildman–Crippen LogP) is 3.96. The SMILES string of the molecule is COc1ccc(CNC(=O)COC(=O)[C@@H](c2ccc(Cl)cc2)C(C)C)cc1OC. The molecular weight excluding hydrogens is 394 g/mol. The average Bonchev–Trinajstić information content (AvgIpc) is 2.71. The monoisotopic (exact) mass is 419 g/mol. The Bertz CT molecular complexity index is 836. The summed E-state index contributed by atoms with van der Waals surface area (Å²) < 4.78 is 15.7. The maximum absolute atomic E-state index is 12.5. The van der Waals surface area contributed by atoms with Gasteiger partial charge in [-0.2, -0.15) is 0 Å². The highest BCUT2D eigenvalue weighted by atomic mass is 35.5. The van der Waals surface area contributed by atoms with Gasteiger partial charge in [0.1, 0.15) is 0 Å². The number of hydrogen-bond acceptors (Lipinski definition) is 5. The van der Waals surface area contributed by atoms with Crippen molar-refractivity contribution in [3.05, 3.63) is 58.6 Å². The number of carbonyl (C=O) groups is 2. The number of benzene rings is 2. The molecular formula is C22H26ClNO5. The molecule has 156 valence electrons. The summed E-state index contributed by atoms with van der Waals surface area (Å²) in [6.07, 6.45) is 0. The second-order valence-electron chi connectivity index (χ2n) is 6.85. The van der Waals surface area contributed by atoms with E-state index in [4.69, 9.17) is 25.8 Å². The molecule has 0 aliphatic rings. The van der Waals surface area contributed by atoms with E-state index in [-0.39, 0.29) is 25.0 Å². The van der Waals surface area contributed by atoms with Crippen LogP contribution in [0.5, 0.6) is 11.5 Å². The van der Waals surface area contributed by atoms with Gasteiger partial charge in [0, 0.05) is 11.6 Å². The lowest BCUT2D eigenvalue weighted by Gasteiger charge is -2.20. The lowest BCUT2D eigenvalue weighted by molar-refractivity contribution is -0.151. The molecule has 1 N–H and O–H groups in total. The van der Waals surface area contributed by atoms with Crippen LogP contribution in [0.3, 0.4) is 0 Å². The van der Waals surface area contributed by atoms with Crippen LogP contribution in [0.4, 0.5) is 0 Å². The predicted molar refractivity (Wildman–Crippen MR) is 111 cm³/mol. The van der Waals surface area contributed by atoms with Gasteiger partial charge in [-0.25, -0.2) is 0 Å². The highest BCUT2D eigenvalue weighted by Gasteiger charge is 2.26. The highest BCUT2D eigenvalue weighted by Crippen LogP contribution is 2.28. The first-order chi connectivity index (χ1) is 13.8. The van der Waals surface area contributed by atoms with Crippen LogP contribution < -0.4 is 14.8 Å². The van der Waals surface area contributed by atoms with Crippen molar-refractivity contribution in [2.75, 3.05) is 20.8 Å². The summed E-state index contributed by atoms with van der Waals surface area (Å²) in [5, 5.41) is 3.32. The summed E-state index contributed by atoms with van der Waals surface area (Å²) >= 11 is 5.92. The molecule has 0 unspecified atom stereocenters. The fraction of sp³-hybridized carbons (Fsp3) is 0.364. The number of rotatable bonds is 9. The smallest absolute Gasteiger partial charge is 0.314 e. The maximum Gasteiger partial charge on any atom is 0.314 e. The van der Waals surface area contributed by atoms with Gasteiger partial charge in [-0.15, -0.1) is 0 Å². The number of carbonyl (C=O) groups excluding carboxylic acids is 2. The van der Waals surface area contributed by atoms with Crippen molar-refractivity contribution in [3.8, 4) is 11.5 Å². The molecule has 2 aromatic rings. The second kappa shape index (κ2) is 10.7. The highest BCUT2D eigenvalue weighted by molar-refractivity contribution is 6.30. The lowest BCUT2D eigenvalue weighted by atomic mass is 9.88. The van der Waals surface area contributed by atoms with Crippen molar-refractivity contribution >= 4 is 23.5 Å². The van der Waals surface area contributed by atoms with Crippen LogP contribution in [-0.4, -0.2) is 32.7 Å². The Morgan fingerprint density at radius 1 is 1.00 bits per heavy atom. The van der Waals surface area contributed by atoms with Gasteiger partial charge in [0.2, 0.25) is 0 Å². The number of amides is 1. The standard InChI is InChI=1S/C22H26ClNO5/c1-14(2)21(16-6-8-17(23)9-7-16)22(26)29-13-20(25)24-12-15-5-10-18(27-3)19(11-15)28-4/h5-11,14,21H,12-13H2,1-4H3,(H,24,25)/t21-/m1/s1. The number of halogens is 1. The molecule has 0 heterocycles. The van der Waals surface area contributed by atoms with Gasteiger partial charge in [-0.1, -0.05) is 43.6 Å². The average molecular weight is 420 g/mol. The number of nitrogens with one attached hydrogen (secondary N) is 1. The van der Waals surface area contributed by atoms with E-state index in [1.807, 2.05) is 19.9 Å². The molecule has 0 aliphatic heterocycles. The normalized spacial score (nSPS) is 11.7. The van der Waals surface area contributed by atoms with Gasteiger partial charge in [0.25, 0.3) is 5.91 Å². The molecule has 0 saturated heterocycles. The molecule has 2 rings (SSSR count). The van der Waals surface area contributed by atoms with Crippen LogP contribution in [0.2, 0.25) is 5.02 Å². The van der Waals surface area contributed by atoms with Crippen LogP contribution in [0.25, 0.3) is 0 Å². The molecule has 0 bridgehead atoms. The molecule has 1 amide bonds. The van der Waals surface area contributed by atoms with E-state index in [0.717, 1.165) is 11.1 Å². The number of methoxy groups -OCH3 is 2. The van der Waals surface area contributed by atoms with Gasteiger partial charge < -0.3 is 19.5 Å². The minimum atomic E-state index is -0.467. The summed E-state index contributed by atoms with van der Waals surface area (Å²) in [7, 11) is 3.10. The minimum Gasteiger partial charge on any atom is -0.493 e. The fourth-order valence-electron chi connectivity index (χ4n) is 2.93. The molecule has 29 heavy (non-hydrogen) atoms. The van der Waals surface area contributed by atoms with Crippen LogP contribution in [0, 0.1) is 5.92 Å². The topological polar surface area (TPSA) is 73.9 Å². The van der Waals surface area contributed by atoms with Gasteiger partial charge in [-0.3, -0.25) is 9.59 Å². The van der Waals surface area contributed by atoms with E-state index < -0.39 is 11.9 Å². The zero-order valence-corrected chi connectivity index (χ0v) is 17.8. The maximum atomic E-state index is 12.5. The first-order valence-electron chi connectivity index (χ1n) is 9.25. The van der Waals surface area contributed by atoms with Crippen molar-refractivity contribution in [2.24, 2.45) is 5.92 Å². The molecule has 7 heteroatoms. The van der Waals surface area contributed by atoms with Crippen molar-refractivity contribution in [1.82, 2.24) is 5.32 Å². The number of hydrogen-bond donors (Lipinski definition) is 1. The molecule has 0 aromatic heterocycles. The van der Waals surface area contributed by atoms with E-state index in [9.17, 15) is 9.59 Å². The molecule has 2 aromatic carbocycles. The Hall–Kier alpha value is -2.73. The van der Waals surface area contributed by atoms with Gasteiger partial charge in [-0.05, 0) is 41.3 Å². The number of ether oxygens (including phenoxy) is 3. The third-order valence-corrected chi connectivity index (χ3v) is 4.68.